The van der Waals surface area contributed by atoms with Crippen LogP contribution in [0.5, 0.6) is 0 Å². The lowest BCUT2D eigenvalue weighted by Gasteiger charge is -2.15. The predicted molar refractivity (Wildman–Crippen MR) is 58.1 cm³/mol. The van der Waals surface area contributed by atoms with Crippen molar-refractivity contribution >= 4 is 34.8 Å². The van der Waals surface area contributed by atoms with Crippen molar-refractivity contribution in [3.05, 3.63) is 29.3 Å². The van der Waals surface area contributed by atoms with Gasteiger partial charge in [0.25, 0.3) is 0 Å². The molecule has 2 rings (SSSR count). The molecule has 1 aromatic carbocycles. The lowest BCUT2D eigenvalue weighted by molar-refractivity contribution is -0.117. The normalized spacial score (nSPS) is 21.7. The van der Waals surface area contributed by atoms with Crippen LogP contribution in [0.4, 0.5) is 5.69 Å². The number of carbonyl (C=O) groups excluding carboxylic acids is 1. The average Bonchev–Trinajstić information content (AvgIpc) is 2.47. The Morgan fingerprint density at radius 1 is 1.29 bits per heavy atom. The van der Waals surface area contributed by atoms with Gasteiger partial charge in [-0.3, -0.25) is 4.79 Å². The molecule has 0 spiro atoms. The molecule has 0 aromatic heterocycles. The molecule has 0 bridgehead atoms. The molecule has 1 saturated heterocycles. The fourth-order valence-electron chi connectivity index (χ4n) is 1.53. The number of rotatable bonds is 1. The van der Waals surface area contributed by atoms with Gasteiger partial charge in [-0.15, -0.1) is 11.6 Å². The van der Waals surface area contributed by atoms with Crippen LogP contribution in [-0.2, 0) is 4.79 Å². The molecule has 1 aliphatic rings. The molecule has 0 N–H and O–H groups in total. The molecule has 1 heterocycles. The van der Waals surface area contributed by atoms with Crippen LogP contribution < -0.4 is 4.90 Å². The third-order valence-corrected chi connectivity index (χ3v) is 2.76. The summed E-state index contributed by atoms with van der Waals surface area (Å²) in [5.74, 6) is 0.0762. The maximum atomic E-state index is 11.5. The van der Waals surface area contributed by atoms with E-state index in [0.29, 0.717) is 18.0 Å². The van der Waals surface area contributed by atoms with Gasteiger partial charge in [0, 0.05) is 23.7 Å². The molecule has 1 aromatic rings. The van der Waals surface area contributed by atoms with Gasteiger partial charge in [-0.1, -0.05) is 11.6 Å². The molecule has 1 aliphatic heterocycles. The summed E-state index contributed by atoms with van der Waals surface area (Å²) in [5.41, 5.74) is 0.863. The van der Waals surface area contributed by atoms with Crippen LogP contribution in [0.3, 0.4) is 0 Å². The Balaban J connectivity index is 2.23. The smallest absolute Gasteiger partial charge is 0.228 e. The van der Waals surface area contributed by atoms with E-state index in [0.717, 1.165) is 5.69 Å². The minimum absolute atomic E-state index is 0.0711. The molecule has 0 saturated carbocycles. The highest BCUT2D eigenvalue weighted by atomic mass is 35.5. The first-order valence-corrected chi connectivity index (χ1v) is 5.18. The molecule has 14 heavy (non-hydrogen) atoms. The van der Waals surface area contributed by atoms with Crippen molar-refractivity contribution in [2.24, 2.45) is 0 Å². The third kappa shape index (κ3) is 1.86. The number of anilines is 1. The Hall–Kier alpha value is -0.730. The molecule has 74 valence electrons. The summed E-state index contributed by atoms with van der Waals surface area (Å²) < 4.78 is 0. The predicted octanol–water partition coefficient (Wildman–Crippen LogP) is 2.68. The Labute approximate surface area is 92.4 Å². The van der Waals surface area contributed by atoms with E-state index in [1.54, 1.807) is 17.0 Å². The monoisotopic (exact) mass is 229 g/mol. The fourth-order valence-corrected chi connectivity index (χ4v) is 1.93. The lowest BCUT2D eigenvalue weighted by Crippen LogP contribution is -2.24. The number of amides is 1. The Morgan fingerprint density at radius 3 is 2.43 bits per heavy atom. The zero-order chi connectivity index (χ0) is 10.1. The zero-order valence-electron chi connectivity index (χ0n) is 7.41. The largest absolute Gasteiger partial charge is 0.311 e. The number of hydrogen-bond donors (Lipinski definition) is 0. The number of alkyl halides is 1. The molecule has 1 atom stereocenters. The highest BCUT2D eigenvalue weighted by molar-refractivity contribution is 6.30. The number of benzene rings is 1. The lowest BCUT2D eigenvalue weighted by atomic mass is 10.3. The summed E-state index contributed by atoms with van der Waals surface area (Å²) in [6, 6.07) is 7.20. The van der Waals surface area contributed by atoms with Gasteiger partial charge in [-0.2, -0.15) is 0 Å². The van der Waals surface area contributed by atoms with Gasteiger partial charge in [-0.25, -0.2) is 0 Å². The van der Waals surface area contributed by atoms with Crippen molar-refractivity contribution in [2.45, 2.75) is 11.8 Å². The summed E-state index contributed by atoms with van der Waals surface area (Å²) in [6.07, 6.45) is 0.421. The summed E-state index contributed by atoms with van der Waals surface area (Å²) >= 11 is 11.6. The minimum Gasteiger partial charge on any atom is -0.311 e. The van der Waals surface area contributed by atoms with Gasteiger partial charge in [0.05, 0.1) is 5.38 Å². The van der Waals surface area contributed by atoms with Crippen LogP contribution in [0.2, 0.25) is 5.02 Å². The van der Waals surface area contributed by atoms with Gasteiger partial charge in [0.15, 0.2) is 0 Å². The molecular weight excluding hydrogens is 221 g/mol. The highest BCUT2D eigenvalue weighted by Crippen LogP contribution is 2.25. The first-order valence-electron chi connectivity index (χ1n) is 4.37. The minimum atomic E-state index is -0.0711. The quantitative estimate of drug-likeness (QED) is 0.679. The summed E-state index contributed by atoms with van der Waals surface area (Å²) in [5, 5.41) is 0.598. The van der Waals surface area contributed by atoms with E-state index in [1.807, 2.05) is 12.1 Å². The second-order valence-electron chi connectivity index (χ2n) is 3.28. The molecule has 0 aliphatic carbocycles. The highest BCUT2D eigenvalue weighted by Gasteiger charge is 2.28. The molecule has 2 nitrogen and oxygen atoms in total. The summed E-state index contributed by atoms with van der Waals surface area (Å²) in [6.45, 7) is 0.585. The van der Waals surface area contributed by atoms with Gasteiger partial charge in [0.2, 0.25) is 5.91 Å². The van der Waals surface area contributed by atoms with Crippen molar-refractivity contribution < 1.29 is 4.79 Å². The van der Waals surface area contributed by atoms with Gasteiger partial charge in [-0.05, 0) is 24.3 Å². The van der Waals surface area contributed by atoms with Crippen LogP contribution in [0.15, 0.2) is 24.3 Å². The van der Waals surface area contributed by atoms with Crippen LogP contribution in [0.25, 0.3) is 0 Å². The SMILES string of the molecule is O=C1CC(Cl)CN1c1ccc(Cl)cc1. The Morgan fingerprint density at radius 2 is 1.93 bits per heavy atom. The van der Waals surface area contributed by atoms with Crippen molar-refractivity contribution in [1.29, 1.82) is 0 Å². The van der Waals surface area contributed by atoms with E-state index >= 15 is 0 Å². The molecule has 0 radical (unpaired) electrons. The molecule has 1 amide bonds. The van der Waals surface area contributed by atoms with Crippen molar-refractivity contribution in [1.82, 2.24) is 0 Å². The maximum Gasteiger partial charge on any atom is 0.228 e. The number of nitrogens with zero attached hydrogens (tertiary/aromatic N) is 1. The number of hydrogen-bond acceptors (Lipinski definition) is 1. The van der Waals surface area contributed by atoms with Gasteiger partial charge < -0.3 is 4.90 Å². The zero-order valence-corrected chi connectivity index (χ0v) is 8.92. The topological polar surface area (TPSA) is 20.3 Å². The van der Waals surface area contributed by atoms with Gasteiger partial charge in [0.1, 0.15) is 0 Å². The molecule has 1 unspecified atom stereocenters. The van der Waals surface area contributed by atoms with Crippen molar-refractivity contribution in [3.63, 3.8) is 0 Å². The van der Waals surface area contributed by atoms with E-state index in [2.05, 4.69) is 0 Å². The maximum absolute atomic E-state index is 11.5. The van der Waals surface area contributed by atoms with E-state index in [1.165, 1.54) is 0 Å². The van der Waals surface area contributed by atoms with E-state index in [9.17, 15) is 4.79 Å². The molecular formula is C10H9Cl2NO. The van der Waals surface area contributed by atoms with E-state index < -0.39 is 0 Å². The van der Waals surface area contributed by atoms with Crippen LogP contribution in [0.1, 0.15) is 6.42 Å². The number of carbonyl (C=O) groups is 1. The van der Waals surface area contributed by atoms with Crippen LogP contribution in [0, 0.1) is 0 Å². The Kier molecular flexibility index (Phi) is 2.66. The Bertz CT molecular complexity index is 350. The van der Waals surface area contributed by atoms with E-state index in [-0.39, 0.29) is 11.3 Å². The molecule has 1 fully saturated rings. The number of halogens is 2. The van der Waals surface area contributed by atoms with Crippen molar-refractivity contribution in [3.8, 4) is 0 Å². The summed E-state index contributed by atoms with van der Waals surface area (Å²) in [7, 11) is 0. The first-order chi connectivity index (χ1) is 6.66. The van der Waals surface area contributed by atoms with E-state index in [4.69, 9.17) is 23.2 Å². The summed E-state index contributed by atoms with van der Waals surface area (Å²) in [4.78, 5) is 13.2. The second kappa shape index (κ2) is 3.79. The van der Waals surface area contributed by atoms with Crippen LogP contribution in [-0.4, -0.2) is 17.8 Å². The molecule has 4 heteroatoms. The fraction of sp³-hybridized carbons (Fsp3) is 0.300. The van der Waals surface area contributed by atoms with Gasteiger partial charge >= 0.3 is 0 Å². The van der Waals surface area contributed by atoms with Crippen molar-refractivity contribution in [2.75, 3.05) is 11.4 Å². The third-order valence-electron chi connectivity index (χ3n) is 2.22. The standard InChI is InChI=1S/C10H9Cl2NO/c11-7-1-3-9(4-2-7)13-6-8(12)5-10(13)14/h1-4,8H,5-6H2. The first kappa shape index (κ1) is 9.81. The second-order valence-corrected chi connectivity index (χ2v) is 4.34. The average molecular weight is 230 g/mol. The van der Waals surface area contributed by atoms with Crippen LogP contribution >= 0.6 is 23.2 Å².